The van der Waals surface area contributed by atoms with Crippen molar-refractivity contribution in [2.24, 2.45) is 0 Å². The maximum Gasteiger partial charge on any atom is 0.273 e. The van der Waals surface area contributed by atoms with Crippen LogP contribution in [-0.4, -0.2) is 16.5 Å². The number of anilines is 2. The second-order valence-electron chi connectivity index (χ2n) is 4.70. The van der Waals surface area contributed by atoms with Crippen molar-refractivity contribution in [2.75, 3.05) is 17.2 Å². The van der Waals surface area contributed by atoms with Crippen LogP contribution < -0.4 is 10.6 Å². The third kappa shape index (κ3) is 3.92. The molecule has 1 heterocycles. The average molecular weight is 286 g/mol. The fourth-order valence-electron chi connectivity index (χ4n) is 2.09. The summed E-state index contributed by atoms with van der Waals surface area (Å²) >= 11 is 0. The highest BCUT2D eigenvalue weighted by molar-refractivity contribution is 5.64. The van der Waals surface area contributed by atoms with Crippen LogP contribution in [0.3, 0.4) is 0 Å². The minimum atomic E-state index is -0.386. The zero-order valence-corrected chi connectivity index (χ0v) is 12.0. The Morgan fingerprint density at radius 2 is 1.90 bits per heavy atom. The fraction of sp³-hybridized carbons (Fsp3) is 0.267. The second kappa shape index (κ2) is 6.69. The van der Waals surface area contributed by atoms with Gasteiger partial charge in [0.15, 0.2) is 0 Å². The Morgan fingerprint density at radius 3 is 2.52 bits per heavy atom. The molecular formula is C15H18N4O2. The summed E-state index contributed by atoms with van der Waals surface area (Å²) in [5.74, 6) is 0. The Balaban J connectivity index is 2.24. The highest BCUT2D eigenvalue weighted by atomic mass is 16.6. The number of hydrogen-bond acceptors (Lipinski definition) is 5. The predicted molar refractivity (Wildman–Crippen MR) is 83.5 cm³/mol. The van der Waals surface area contributed by atoms with Crippen molar-refractivity contribution in [1.82, 2.24) is 4.98 Å². The summed E-state index contributed by atoms with van der Waals surface area (Å²) in [6.45, 7) is 4.66. The molecule has 1 aromatic heterocycles. The van der Waals surface area contributed by atoms with Crippen LogP contribution in [0, 0.1) is 10.1 Å². The van der Waals surface area contributed by atoms with Crippen molar-refractivity contribution in [2.45, 2.75) is 19.9 Å². The molecule has 6 heteroatoms. The molecule has 0 bridgehead atoms. The smallest absolute Gasteiger partial charge is 0.273 e. The Morgan fingerprint density at radius 1 is 1.24 bits per heavy atom. The van der Waals surface area contributed by atoms with Gasteiger partial charge in [-0.15, -0.1) is 0 Å². The molecule has 21 heavy (non-hydrogen) atoms. The quantitative estimate of drug-likeness (QED) is 0.626. The van der Waals surface area contributed by atoms with Gasteiger partial charge in [-0.2, -0.15) is 0 Å². The molecule has 1 unspecified atom stereocenters. The first-order chi connectivity index (χ1) is 10.1. The first kappa shape index (κ1) is 14.8. The average Bonchev–Trinajstić information content (AvgIpc) is 2.48. The highest BCUT2D eigenvalue weighted by Crippen LogP contribution is 2.27. The first-order valence-corrected chi connectivity index (χ1v) is 6.80. The highest BCUT2D eigenvalue weighted by Gasteiger charge is 2.12. The van der Waals surface area contributed by atoms with Crippen molar-refractivity contribution < 1.29 is 4.92 Å². The number of hydrogen-bond donors (Lipinski definition) is 2. The van der Waals surface area contributed by atoms with E-state index in [1.54, 1.807) is 18.5 Å². The normalized spacial score (nSPS) is 11.7. The van der Waals surface area contributed by atoms with Crippen LogP contribution in [0.5, 0.6) is 0 Å². The van der Waals surface area contributed by atoms with E-state index in [1.165, 1.54) is 6.07 Å². The van der Waals surface area contributed by atoms with E-state index in [0.717, 1.165) is 11.3 Å². The van der Waals surface area contributed by atoms with Gasteiger partial charge in [0, 0.05) is 48.5 Å². The van der Waals surface area contributed by atoms with E-state index in [1.807, 2.05) is 32.0 Å². The van der Waals surface area contributed by atoms with E-state index in [0.29, 0.717) is 12.2 Å². The van der Waals surface area contributed by atoms with Crippen molar-refractivity contribution >= 4 is 17.1 Å². The number of nitro groups is 1. The largest absolute Gasteiger partial charge is 0.385 e. The van der Waals surface area contributed by atoms with Gasteiger partial charge < -0.3 is 10.6 Å². The zero-order chi connectivity index (χ0) is 15.2. The monoisotopic (exact) mass is 286 g/mol. The maximum absolute atomic E-state index is 11.0. The van der Waals surface area contributed by atoms with E-state index in [9.17, 15) is 10.1 Å². The maximum atomic E-state index is 11.0. The standard InChI is InChI=1S/C15H18N4O2/c1-3-17-13-8-14(10-15(9-13)19(20)21)18-11(2)12-4-6-16-7-5-12/h4-11,17-18H,3H2,1-2H3. The molecular weight excluding hydrogens is 268 g/mol. The molecule has 0 aliphatic carbocycles. The Labute approximate surface area is 123 Å². The summed E-state index contributed by atoms with van der Waals surface area (Å²) in [6.07, 6.45) is 3.45. The van der Waals surface area contributed by atoms with Gasteiger partial charge in [0.1, 0.15) is 0 Å². The first-order valence-electron chi connectivity index (χ1n) is 6.80. The molecule has 6 nitrogen and oxygen atoms in total. The Hall–Kier alpha value is -2.63. The van der Waals surface area contributed by atoms with E-state index in [-0.39, 0.29) is 16.7 Å². The zero-order valence-electron chi connectivity index (χ0n) is 12.0. The second-order valence-corrected chi connectivity index (χ2v) is 4.70. The lowest BCUT2D eigenvalue weighted by molar-refractivity contribution is -0.384. The molecule has 2 aromatic rings. The van der Waals surface area contributed by atoms with Crippen LogP contribution in [0.25, 0.3) is 0 Å². The Kier molecular flexibility index (Phi) is 4.71. The van der Waals surface area contributed by atoms with Crippen LogP contribution in [0.4, 0.5) is 17.1 Å². The lowest BCUT2D eigenvalue weighted by atomic mass is 10.1. The molecule has 0 aliphatic rings. The van der Waals surface area contributed by atoms with Crippen molar-refractivity contribution in [1.29, 1.82) is 0 Å². The minimum Gasteiger partial charge on any atom is -0.385 e. The molecule has 0 amide bonds. The molecule has 1 atom stereocenters. The summed E-state index contributed by atoms with van der Waals surface area (Å²) < 4.78 is 0. The molecule has 0 fully saturated rings. The van der Waals surface area contributed by atoms with Gasteiger partial charge in [-0.1, -0.05) is 0 Å². The van der Waals surface area contributed by atoms with Gasteiger partial charge in [-0.05, 0) is 37.6 Å². The number of nitrogens with one attached hydrogen (secondary N) is 2. The number of non-ortho nitro benzene ring substituents is 1. The van der Waals surface area contributed by atoms with Gasteiger partial charge in [0.2, 0.25) is 0 Å². The number of rotatable bonds is 6. The fourth-order valence-corrected chi connectivity index (χ4v) is 2.09. The van der Waals surface area contributed by atoms with E-state index in [4.69, 9.17) is 0 Å². The van der Waals surface area contributed by atoms with Crippen LogP contribution in [-0.2, 0) is 0 Å². The molecule has 110 valence electrons. The molecule has 2 rings (SSSR count). The van der Waals surface area contributed by atoms with Crippen LogP contribution >= 0.6 is 0 Å². The van der Waals surface area contributed by atoms with Crippen LogP contribution in [0.1, 0.15) is 25.5 Å². The topological polar surface area (TPSA) is 80.1 Å². The molecule has 0 radical (unpaired) electrons. The molecule has 2 N–H and O–H groups in total. The summed E-state index contributed by atoms with van der Waals surface area (Å²) in [6, 6.07) is 8.81. The summed E-state index contributed by atoms with van der Waals surface area (Å²) in [5.41, 5.74) is 2.58. The molecule has 0 saturated carbocycles. The van der Waals surface area contributed by atoms with Crippen LogP contribution in [0.15, 0.2) is 42.7 Å². The summed E-state index contributed by atoms with van der Waals surface area (Å²) in [5, 5.41) is 17.4. The number of pyridine rings is 1. The summed E-state index contributed by atoms with van der Waals surface area (Å²) in [4.78, 5) is 14.6. The number of nitrogens with zero attached hydrogens (tertiary/aromatic N) is 2. The number of aromatic nitrogens is 1. The lowest BCUT2D eigenvalue weighted by Gasteiger charge is -2.16. The molecule has 0 aliphatic heterocycles. The number of nitro benzene ring substituents is 1. The minimum absolute atomic E-state index is 0.0319. The third-order valence-corrected chi connectivity index (χ3v) is 3.10. The molecule has 0 saturated heterocycles. The van der Waals surface area contributed by atoms with Crippen LogP contribution in [0.2, 0.25) is 0 Å². The van der Waals surface area contributed by atoms with Crippen molar-refractivity contribution in [3.8, 4) is 0 Å². The molecule has 0 spiro atoms. The van der Waals surface area contributed by atoms with Gasteiger partial charge in [0.05, 0.1) is 4.92 Å². The van der Waals surface area contributed by atoms with E-state index in [2.05, 4.69) is 15.6 Å². The van der Waals surface area contributed by atoms with E-state index >= 15 is 0 Å². The summed E-state index contributed by atoms with van der Waals surface area (Å²) in [7, 11) is 0. The lowest BCUT2D eigenvalue weighted by Crippen LogP contribution is -2.07. The SMILES string of the molecule is CCNc1cc(NC(C)c2ccncc2)cc([N+](=O)[O-])c1. The van der Waals surface area contributed by atoms with Gasteiger partial charge in [-0.3, -0.25) is 15.1 Å². The number of benzene rings is 1. The van der Waals surface area contributed by atoms with Gasteiger partial charge >= 0.3 is 0 Å². The van der Waals surface area contributed by atoms with Gasteiger partial charge in [-0.25, -0.2) is 0 Å². The molecule has 1 aromatic carbocycles. The van der Waals surface area contributed by atoms with Gasteiger partial charge in [0.25, 0.3) is 5.69 Å². The van der Waals surface area contributed by atoms with Crippen molar-refractivity contribution in [3.05, 3.63) is 58.4 Å². The Bertz CT molecular complexity index is 616. The van der Waals surface area contributed by atoms with E-state index < -0.39 is 0 Å². The van der Waals surface area contributed by atoms with Crippen molar-refractivity contribution in [3.63, 3.8) is 0 Å². The predicted octanol–water partition coefficient (Wildman–Crippen LogP) is 3.59. The third-order valence-electron chi connectivity index (χ3n) is 3.10.